The van der Waals surface area contributed by atoms with E-state index in [1.54, 1.807) is 0 Å². The van der Waals surface area contributed by atoms with Crippen LogP contribution < -0.4 is 9.47 Å². The average Bonchev–Trinajstić information content (AvgIpc) is 3.62. The lowest BCUT2D eigenvalue weighted by Crippen LogP contribution is -2.70. The van der Waals surface area contributed by atoms with Crippen molar-refractivity contribution in [3.63, 3.8) is 0 Å². The fourth-order valence-corrected chi connectivity index (χ4v) is 11.2. The summed E-state index contributed by atoms with van der Waals surface area (Å²) in [6, 6.07) is 18.5. The van der Waals surface area contributed by atoms with E-state index in [9.17, 15) is 0 Å². The molecule has 1 fully saturated rings. The molecule has 12 heteroatoms. The number of ketones is 3. The third-order valence-corrected chi connectivity index (χ3v) is 18.1. The highest BCUT2D eigenvalue weighted by molar-refractivity contribution is 6.74. The third kappa shape index (κ3) is 6.89. The molecule has 2 heterocycles. The van der Waals surface area contributed by atoms with Gasteiger partial charge in [0.2, 0.25) is 5.78 Å². The van der Waals surface area contributed by atoms with E-state index in [1.807, 2.05) is 92.8 Å². The Morgan fingerprint density at radius 3 is 2.19 bits per heavy atom. The molecule has 8 rings (SSSR count). The minimum absolute atomic E-state index is 0.0185. The molecule has 3 aliphatic carbocycles. The molecule has 0 spiro atoms. The van der Waals surface area contributed by atoms with Gasteiger partial charge in [-0.25, -0.2) is 4.39 Å². The number of benzene rings is 3. The smallest absolute Gasteiger partial charge is 0.265 e. The molecule has 0 saturated heterocycles. The zero-order valence-corrected chi connectivity index (χ0v) is 36.5. The Bertz CT molecular complexity index is 2270. The van der Waals surface area contributed by atoms with Crippen LogP contribution >= 0.6 is 0 Å². The van der Waals surface area contributed by atoms with Crippen molar-refractivity contribution in [2.75, 3.05) is 27.2 Å². The molecule has 4 aliphatic rings. The third-order valence-electron chi connectivity index (χ3n) is 13.6. The molecular weight excluding hydrogens is 766 g/mol. The summed E-state index contributed by atoms with van der Waals surface area (Å²) in [6.45, 7) is 14.5. The first-order chi connectivity index (χ1) is 28.1. The lowest BCUT2D eigenvalue weighted by molar-refractivity contribution is -0.151. The monoisotopic (exact) mass is 821 g/mol. The number of nitrogens with zero attached hydrogens (tertiary/aromatic N) is 3. The molecule has 5 atom stereocenters. The van der Waals surface area contributed by atoms with Crippen LogP contribution in [0.5, 0.6) is 11.6 Å². The number of hydrogen-bond acceptors (Lipinski definition) is 10. The van der Waals surface area contributed by atoms with Crippen molar-refractivity contribution in [1.29, 1.82) is 0 Å². The highest BCUT2D eigenvalue weighted by atomic mass is 28.4. The number of aromatic nitrogens is 1. The van der Waals surface area contributed by atoms with E-state index in [4.69, 9.17) is 18.4 Å². The normalized spacial score (nSPS) is 24.3. The van der Waals surface area contributed by atoms with Gasteiger partial charge in [0.05, 0.1) is 17.5 Å². The van der Waals surface area contributed by atoms with Gasteiger partial charge in [-0.15, -0.1) is 0 Å². The molecule has 1 saturated carbocycles. The van der Waals surface area contributed by atoms with Crippen LogP contribution in [0, 0.1) is 23.6 Å². The van der Waals surface area contributed by atoms with E-state index in [1.165, 1.54) is 0 Å². The van der Waals surface area contributed by atoms with Crippen LogP contribution in [0.1, 0.15) is 101 Å². The minimum Gasteiger partial charge on any atom is -0.488 e. The van der Waals surface area contributed by atoms with Gasteiger partial charge in [-0.1, -0.05) is 88.4 Å². The number of fused-ring (bicyclic) bond motifs is 5. The number of ether oxygens (including phenoxy) is 2. The van der Waals surface area contributed by atoms with Crippen LogP contribution in [0.15, 0.2) is 65.2 Å². The van der Waals surface area contributed by atoms with Crippen molar-refractivity contribution < 1.29 is 37.2 Å². The summed E-state index contributed by atoms with van der Waals surface area (Å²) in [7, 11) is 0.790. The molecule has 0 N–H and O–H groups in total. The van der Waals surface area contributed by atoms with E-state index in [0.717, 1.165) is 24.1 Å². The fourth-order valence-electron chi connectivity index (χ4n) is 9.75. The van der Waals surface area contributed by atoms with Crippen molar-refractivity contribution in [3.8, 4) is 11.6 Å². The van der Waals surface area contributed by atoms with Gasteiger partial charge >= 0.3 is 0 Å². The number of Topliss-reactive ketones (excluding diaryl/α,β-unsaturated/α-hetero) is 3. The van der Waals surface area contributed by atoms with Gasteiger partial charge in [-0.2, -0.15) is 0 Å². The highest BCUT2D eigenvalue weighted by Gasteiger charge is 2.70. The van der Waals surface area contributed by atoms with Gasteiger partial charge in [-0.05, 0) is 86.7 Å². The van der Waals surface area contributed by atoms with Crippen molar-refractivity contribution in [3.05, 3.63) is 111 Å². The van der Waals surface area contributed by atoms with E-state index in [-0.39, 0.29) is 43.1 Å². The average molecular weight is 822 g/mol. The Labute approximate surface area is 347 Å². The summed E-state index contributed by atoms with van der Waals surface area (Å²) in [6.07, 6.45) is 1.82. The number of carbonyl (C=O) groups excluding carboxylic acids is 3. The zero-order valence-electron chi connectivity index (χ0n) is 35.5. The largest absolute Gasteiger partial charge is 0.488 e. The van der Waals surface area contributed by atoms with Crippen molar-refractivity contribution in [2.24, 2.45) is 17.8 Å². The summed E-state index contributed by atoms with van der Waals surface area (Å²) in [5.41, 5.74) is 1.43. The molecule has 1 aromatic heterocycles. The predicted molar refractivity (Wildman–Crippen MR) is 224 cm³/mol. The second kappa shape index (κ2) is 15.5. The van der Waals surface area contributed by atoms with E-state index < -0.39 is 65.9 Å². The van der Waals surface area contributed by atoms with Gasteiger partial charge in [0.25, 0.3) is 5.88 Å². The van der Waals surface area contributed by atoms with Crippen molar-refractivity contribution in [2.45, 2.75) is 103 Å². The summed E-state index contributed by atoms with van der Waals surface area (Å²) < 4.78 is 43.3. The summed E-state index contributed by atoms with van der Waals surface area (Å²) in [5, 5.41) is 3.88. The van der Waals surface area contributed by atoms with E-state index in [0.29, 0.717) is 47.7 Å². The molecule has 1 aliphatic heterocycles. The molecule has 0 radical (unpaired) electrons. The molecular formula is C47H56FN3O7Si. The molecule has 10 nitrogen and oxygen atoms in total. The Kier molecular flexibility index (Phi) is 10.8. The Balaban J connectivity index is 1.28. The number of hydrogen-bond donors (Lipinski definition) is 0. The van der Waals surface area contributed by atoms with Gasteiger partial charge in [-0.3, -0.25) is 24.2 Å². The maximum Gasteiger partial charge on any atom is 0.265 e. The predicted octanol–water partition coefficient (Wildman–Crippen LogP) is 8.56. The topological polar surface area (TPSA) is 111 Å². The molecule has 3 aromatic carbocycles. The standard InChI is InChI=1S/C47H56FN3O7Si/c1-9-21-51-22-20-31-33(25-51)38(48)32-23-30-24-34-39(50(5)6)42-37(45(49-57-42)56-27-29-18-14-11-15-19-29)44(54)47(34,58-59(7,8)46(2,3)4)43(53)35(30)40(52)36(32)41(31)55-26-28-16-12-10-13-17-28/h10-19,30,34-35,39H,9,20-27H2,1-8H3/t30-,34-,35?,39-,47-/m0/s1. The van der Waals surface area contributed by atoms with Gasteiger partial charge in [0, 0.05) is 35.7 Å². The number of halogens is 1. The lowest BCUT2D eigenvalue weighted by Gasteiger charge is -2.56. The SMILES string of the molecule is CCCN1CCc2c(c(F)c3c(c2OCc2ccccc2)C(=O)C2C(=O)[C@]4(O[Si](C)(C)C(C)(C)C)C(=O)c5c(OCc6ccccc6)noc5[C@@H](N(C)C)[C@@H]4C[C@@H]2C3)C1. The maximum atomic E-state index is 17.2. The van der Waals surface area contributed by atoms with Gasteiger partial charge < -0.3 is 18.4 Å². The minimum atomic E-state index is -2.95. The van der Waals surface area contributed by atoms with Gasteiger partial charge in [0.15, 0.2) is 31.2 Å². The van der Waals surface area contributed by atoms with Crippen LogP contribution in [0.3, 0.4) is 0 Å². The molecule has 312 valence electrons. The first-order valence-corrected chi connectivity index (χ1v) is 23.9. The van der Waals surface area contributed by atoms with Crippen LogP contribution in [0.4, 0.5) is 4.39 Å². The van der Waals surface area contributed by atoms with E-state index in [2.05, 4.69) is 37.8 Å². The molecule has 0 bridgehead atoms. The molecule has 59 heavy (non-hydrogen) atoms. The Hall–Kier alpha value is -4.49. The van der Waals surface area contributed by atoms with Gasteiger partial charge in [0.1, 0.15) is 30.3 Å². The molecule has 4 aromatic rings. The summed E-state index contributed by atoms with van der Waals surface area (Å²) in [4.78, 5) is 51.1. The number of carbonyl (C=O) groups is 3. The summed E-state index contributed by atoms with van der Waals surface area (Å²) >= 11 is 0. The van der Waals surface area contributed by atoms with Crippen molar-refractivity contribution >= 4 is 25.7 Å². The first kappa shape index (κ1) is 41.2. The van der Waals surface area contributed by atoms with Crippen LogP contribution in [0.2, 0.25) is 18.1 Å². The summed E-state index contributed by atoms with van der Waals surface area (Å²) in [5.74, 6) is -4.07. The molecule has 1 unspecified atom stereocenters. The molecule has 0 amide bonds. The first-order valence-electron chi connectivity index (χ1n) is 21.0. The van der Waals surface area contributed by atoms with E-state index >= 15 is 18.8 Å². The Morgan fingerprint density at radius 2 is 1.58 bits per heavy atom. The second-order valence-corrected chi connectivity index (χ2v) is 23.3. The Morgan fingerprint density at radius 1 is 0.932 bits per heavy atom. The number of rotatable bonds is 11. The maximum absolute atomic E-state index is 17.2. The fraction of sp³-hybridized carbons (Fsp3) is 0.489. The lowest BCUT2D eigenvalue weighted by atomic mass is 9.54. The van der Waals surface area contributed by atoms with Crippen LogP contribution in [-0.4, -0.2) is 73.4 Å². The quantitative estimate of drug-likeness (QED) is 0.108. The second-order valence-electron chi connectivity index (χ2n) is 18.6. The zero-order chi connectivity index (χ0) is 42.0. The van der Waals surface area contributed by atoms with Crippen LogP contribution in [0.25, 0.3) is 0 Å². The van der Waals surface area contributed by atoms with Crippen LogP contribution in [-0.2, 0) is 41.8 Å². The highest BCUT2D eigenvalue weighted by Crippen LogP contribution is 2.59. The van der Waals surface area contributed by atoms with Crippen molar-refractivity contribution in [1.82, 2.24) is 15.0 Å².